The molecule has 0 aromatic heterocycles. The average molecular weight is 285 g/mol. The normalized spacial score (nSPS) is 13.5. The number of hydrogen-bond acceptors (Lipinski definition) is 3. The molecule has 0 aliphatic rings. The van der Waals surface area contributed by atoms with Crippen LogP contribution >= 0.6 is 0 Å². The molecule has 0 aliphatic heterocycles. The molecule has 0 radical (unpaired) electrons. The lowest BCUT2D eigenvalue weighted by Crippen LogP contribution is -2.29. The van der Waals surface area contributed by atoms with Crippen molar-refractivity contribution < 1.29 is 13.5 Å². The van der Waals surface area contributed by atoms with Gasteiger partial charge in [0.25, 0.3) is 0 Å². The number of aliphatic hydroxyl groups excluding tert-OH is 1. The maximum atomic E-state index is 12.3. The van der Waals surface area contributed by atoms with Gasteiger partial charge in [-0.25, -0.2) is 13.1 Å². The second-order valence-electron chi connectivity index (χ2n) is 5.06. The van der Waals surface area contributed by atoms with E-state index in [1.807, 2.05) is 26.8 Å². The van der Waals surface area contributed by atoms with Gasteiger partial charge in [-0.05, 0) is 42.5 Å². The SMILES string of the molecule is CCC(C)CNS(=O)(=O)c1cc(CO)cc(C)c1C. The van der Waals surface area contributed by atoms with Crippen molar-refractivity contribution in [3.63, 3.8) is 0 Å². The molecule has 4 nitrogen and oxygen atoms in total. The molecule has 0 aliphatic carbocycles. The molecule has 1 aromatic carbocycles. The molecular formula is C14H23NO3S. The summed E-state index contributed by atoms with van der Waals surface area (Å²) in [6.07, 6.45) is 0.928. The van der Waals surface area contributed by atoms with Gasteiger partial charge in [-0.15, -0.1) is 0 Å². The summed E-state index contributed by atoms with van der Waals surface area (Å²) in [4.78, 5) is 0.264. The van der Waals surface area contributed by atoms with Crippen molar-refractivity contribution in [1.82, 2.24) is 4.72 Å². The van der Waals surface area contributed by atoms with Crippen molar-refractivity contribution >= 4 is 10.0 Å². The Bertz CT molecular complexity index is 538. The summed E-state index contributed by atoms with van der Waals surface area (Å²) in [5.41, 5.74) is 2.22. The van der Waals surface area contributed by atoms with E-state index in [0.29, 0.717) is 18.0 Å². The number of aliphatic hydroxyl groups is 1. The van der Waals surface area contributed by atoms with E-state index in [0.717, 1.165) is 17.5 Å². The molecule has 1 unspecified atom stereocenters. The van der Waals surface area contributed by atoms with Crippen LogP contribution in [-0.2, 0) is 16.6 Å². The Morgan fingerprint density at radius 3 is 2.47 bits per heavy atom. The third-order valence-corrected chi connectivity index (χ3v) is 5.02. The molecule has 0 saturated heterocycles. The van der Waals surface area contributed by atoms with Crippen LogP contribution in [0.2, 0.25) is 0 Å². The van der Waals surface area contributed by atoms with Gasteiger partial charge < -0.3 is 5.11 Å². The number of sulfonamides is 1. The summed E-state index contributed by atoms with van der Waals surface area (Å²) >= 11 is 0. The number of nitrogens with one attached hydrogen (secondary N) is 1. The number of benzene rings is 1. The van der Waals surface area contributed by atoms with Crippen LogP contribution in [0.3, 0.4) is 0 Å². The molecule has 1 aromatic rings. The van der Waals surface area contributed by atoms with E-state index in [1.54, 1.807) is 13.0 Å². The highest BCUT2D eigenvalue weighted by Gasteiger charge is 2.19. The molecule has 108 valence electrons. The van der Waals surface area contributed by atoms with Crippen molar-refractivity contribution in [1.29, 1.82) is 0 Å². The minimum atomic E-state index is -3.51. The van der Waals surface area contributed by atoms with Gasteiger partial charge in [0.15, 0.2) is 0 Å². The molecule has 0 fully saturated rings. The van der Waals surface area contributed by atoms with E-state index in [1.165, 1.54) is 0 Å². The predicted octanol–water partition coefficient (Wildman–Crippen LogP) is 2.12. The van der Waals surface area contributed by atoms with E-state index in [2.05, 4.69) is 4.72 Å². The van der Waals surface area contributed by atoms with Gasteiger partial charge in [0.1, 0.15) is 0 Å². The van der Waals surface area contributed by atoms with Crippen molar-refractivity contribution in [2.24, 2.45) is 5.92 Å². The van der Waals surface area contributed by atoms with E-state index >= 15 is 0 Å². The summed E-state index contributed by atoms with van der Waals surface area (Å²) in [6, 6.07) is 3.35. The summed E-state index contributed by atoms with van der Waals surface area (Å²) in [5.74, 6) is 0.303. The lowest BCUT2D eigenvalue weighted by atomic mass is 10.1. The first-order chi connectivity index (χ1) is 8.81. The first kappa shape index (κ1) is 16.1. The van der Waals surface area contributed by atoms with Gasteiger partial charge in [0.2, 0.25) is 10.0 Å². The fourth-order valence-corrected chi connectivity index (χ4v) is 3.27. The molecule has 2 N–H and O–H groups in total. The van der Waals surface area contributed by atoms with Crippen LogP contribution in [0.1, 0.15) is 37.0 Å². The summed E-state index contributed by atoms with van der Waals surface area (Å²) in [7, 11) is -3.51. The van der Waals surface area contributed by atoms with Gasteiger partial charge in [0.05, 0.1) is 11.5 Å². The topological polar surface area (TPSA) is 66.4 Å². The Kier molecular flexibility index (Phi) is 5.52. The lowest BCUT2D eigenvalue weighted by Gasteiger charge is -2.14. The Hall–Kier alpha value is -0.910. The van der Waals surface area contributed by atoms with Crippen molar-refractivity contribution in [3.8, 4) is 0 Å². The second-order valence-corrected chi connectivity index (χ2v) is 6.79. The highest BCUT2D eigenvalue weighted by atomic mass is 32.2. The van der Waals surface area contributed by atoms with E-state index in [9.17, 15) is 13.5 Å². The smallest absolute Gasteiger partial charge is 0.240 e. The molecule has 0 spiro atoms. The molecule has 19 heavy (non-hydrogen) atoms. The van der Waals surface area contributed by atoms with Crippen LogP contribution in [-0.4, -0.2) is 20.1 Å². The summed E-state index contributed by atoms with van der Waals surface area (Å²) in [5, 5.41) is 9.18. The standard InChI is InChI=1S/C14H23NO3S/c1-5-10(2)8-15-19(17,18)14-7-13(9-16)6-11(3)12(14)4/h6-7,10,15-16H,5,8-9H2,1-4H3. The summed E-state index contributed by atoms with van der Waals surface area (Å²) in [6.45, 7) is 7.94. The Labute approximate surface area is 115 Å². The average Bonchev–Trinajstić information content (AvgIpc) is 2.38. The molecule has 1 atom stereocenters. The molecule has 0 amide bonds. The highest BCUT2D eigenvalue weighted by molar-refractivity contribution is 7.89. The number of rotatable bonds is 6. The van der Waals surface area contributed by atoms with Gasteiger partial charge in [0, 0.05) is 6.54 Å². The largest absolute Gasteiger partial charge is 0.392 e. The van der Waals surface area contributed by atoms with E-state index < -0.39 is 10.0 Å². The van der Waals surface area contributed by atoms with Crippen molar-refractivity contribution in [3.05, 3.63) is 28.8 Å². The lowest BCUT2D eigenvalue weighted by molar-refractivity contribution is 0.281. The fourth-order valence-electron chi connectivity index (χ4n) is 1.74. The molecule has 0 saturated carbocycles. The zero-order valence-corrected chi connectivity index (χ0v) is 12.8. The van der Waals surface area contributed by atoms with Gasteiger partial charge in [-0.1, -0.05) is 26.3 Å². The second kappa shape index (κ2) is 6.50. The van der Waals surface area contributed by atoms with Crippen LogP contribution in [0.25, 0.3) is 0 Å². The van der Waals surface area contributed by atoms with Gasteiger partial charge in [-0.2, -0.15) is 0 Å². The van der Waals surface area contributed by atoms with E-state index in [4.69, 9.17) is 0 Å². The zero-order valence-electron chi connectivity index (χ0n) is 12.0. The van der Waals surface area contributed by atoms with E-state index in [-0.39, 0.29) is 11.5 Å². The minimum absolute atomic E-state index is 0.158. The van der Waals surface area contributed by atoms with Gasteiger partial charge in [-0.3, -0.25) is 0 Å². The maximum Gasteiger partial charge on any atom is 0.240 e. The predicted molar refractivity (Wildman–Crippen MR) is 76.5 cm³/mol. The first-order valence-corrected chi connectivity index (χ1v) is 8.00. The number of aryl methyl sites for hydroxylation is 1. The van der Waals surface area contributed by atoms with Crippen LogP contribution < -0.4 is 4.72 Å². The zero-order chi connectivity index (χ0) is 14.6. The highest BCUT2D eigenvalue weighted by Crippen LogP contribution is 2.21. The quantitative estimate of drug-likeness (QED) is 0.841. The monoisotopic (exact) mass is 285 g/mol. The Morgan fingerprint density at radius 1 is 1.32 bits per heavy atom. The van der Waals surface area contributed by atoms with Crippen LogP contribution in [0.4, 0.5) is 0 Å². The van der Waals surface area contributed by atoms with Crippen LogP contribution in [0, 0.1) is 19.8 Å². The third-order valence-electron chi connectivity index (χ3n) is 3.47. The number of hydrogen-bond donors (Lipinski definition) is 2. The fraction of sp³-hybridized carbons (Fsp3) is 0.571. The molecule has 5 heteroatoms. The maximum absolute atomic E-state index is 12.3. The minimum Gasteiger partial charge on any atom is -0.392 e. The Balaban J connectivity index is 3.10. The molecule has 0 bridgehead atoms. The molecular weight excluding hydrogens is 262 g/mol. The van der Waals surface area contributed by atoms with Crippen LogP contribution in [0.15, 0.2) is 17.0 Å². The Morgan fingerprint density at radius 2 is 1.95 bits per heavy atom. The summed E-state index contributed by atoms with van der Waals surface area (Å²) < 4.78 is 27.2. The van der Waals surface area contributed by atoms with Crippen molar-refractivity contribution in [2.75, 3.05) is 6.54 Å². The molecule has 1 rings (SSSR count). The van der Waals surface area contributed by atoms with Gasteiger partial charge >= 0.3 is 0 Å². The van der Waals surface area contributed by atoms with Crippen LogP contribution in [0.5, 0.6) is 0 Å². The van der Waals surface area contributed by atoms with Crippen molar-refractivity contribution in [2.45, 2.75) is 45.6 Å². The molecule has 0 heterocycles. The first-order valence-electron chi connectivity index (χ1n) is 6.52. The third kappa shape index (κ3) is 4.03.